The van der Waals surface area contributed by atoms with Gasteiger partial charge in [0.15, 0.2) is 0 Å². The van der Waals surface area contributed by atoms with Gasteiger partial charge in [0.25, 0.3) is 5.91 Å². The molecule has 1 fully saturated rings. The van der Waals surface area contributed by atoms with Crippen molar-refractivity contribution >= 4 is 11.7 Å². The highest BCUT2D eigenvalue weighted by atomic mass is 16.2. The lowest BCUT2D eigenvalue weighted by Gasteiger charge is -2.35. The Balaban J connectivity index is 1.61. The molecule has 0 bridgehead atoms. The van der Waals surface area contributed by atoms with Crippen LogP contribution in [0.5, 0.6) is 0 Å². The zero-order chi connectivity index (χ0) is 18.4. The van der Waals surface area contributed by atoms with Gasteiger partial charge < -0.3 is 9.80 Å². The Hall–Kier alpha value is -2.40. The first-order valence-corrected chi connectivity index (χ1v) is 9.47. The van der Waals surface area contributed by atoms with Gasteiger partial charge in [-0.05, 0) is 31.5 Å². The largest absolute Gasteiger partial charge is 0.354 e. The zero-order valence-electron chi connectivity index (χ0n) is 15.8. The number of carbonyl (C=O) groups excluding carboxylic acids is 1. The predicted octanol–water partition coefficient (Wildman–Crippen LogP) is 2.89. The van der Waals surface area contributed by atoms with E-state index in [-0.39, 0.29) is 5.91 Å². The number of carbonyl (C=O) groups is 1. The molecule has 0 atom stereocenters. The van der Waals surface area contributed by atoms with E-state index in [4.69, 9.17) is 0 Å². The van der Waals surface area contributed by atoms with Crippen molar-refractivity contribution in [3.63, 3.8) is 0 Å². The maximum atomic E-state index is 12.6. The normalized spacial score (nSPS) is 15.1. The van der Waals surface area contributed by atoms with Crippen LogP contribution in [0.15, 0.2) is 48.7 Å². The first-order valence-electron chi connectivity index (χ1n) is 9.47. The third-order valence-corrected chi connectivity index (χ3v) is 4.99. The van der Waals surface area contributed by atoms with Crippen LogP contribution in [-0.2, 0) is 6.54 Å². The summed E-state index contributed by atoms with van der Waals surface area (Å²) in [7, 11) is 0. The van der Waals surface area contributed by atoms with Gasteiger partial charge in [-0.1, -0.05) is 30.3 Å². The van der Waals surface area contributed by atoms with Gasteiger partial charge in [-0.2, -0.15) is 0 Å². The number of benzene rings is 1. The van der Waals surface area contributed by atoms with Crippen molar-refractivity contribution in [2.75, 3.05) is 44.2 Å². The number of pyridine rings is 1. The van der Waals surface area contributed by atoms with Gasteiger partial charge >= 0.3 is 0 Å². The Bertz CT molecular complexity index is 707. The molecule has 0 N–H and O–H groups in total. The van der Waals surface area contributed by atoms with Gasteiger partial charge in [-0.25, -0.2) is 4.98 Å². The summed E-state index contributed by atoms with van der Waals surface area (Å²) in [6, 6.07) is 14.3. The summed E-state index contributed by atoms with van der Waals surface area (Å²) in [6.45, 7) is 10.3. The first kappa shape index (κ1) is 18.4. The third kappa shape index (κ3) is 4.41. The Kier molecular flexibility index (Phi) is 6.23. The number of hydrogen-bond acceptors (Lipinski definition) is 4. The van der Waals surface area contributed by atoms with Crippen molar-refractivity contribution in [2.45, 2.75) is 20.4 Å². The number of rotatable bonds is 6. The molecule has 0 unspecified atom stereocenters. The zero-order valence-corrected chi connectivity index (χ0v) is 15.8. The molecular formula is C21H28N4O. The quantitative estimate of drug-likeness (QED) is 0.801. The summed E-state index contributed by atoms with van der Waals surface area (Å²) >= 11 is 0. The average molecular weight is 352 g/mol. The van der Waals surface area contributed by atoms with Crippen molar-refractivity contribution in [2.24, 2.45) is 0 Å². The third-order valence-electron chi connectivity index (χ3n) is 4.99. The van der Waals surface area contributed by atoms with E-state index in [0.29, 0.717) is 0 Å². The summed E-state index contributed by atoms with van der Waals surface area (Å²) in [5.41, 5.74) is 2.08. The van der Waals surface area contributed by atoms with Gasteiger partial charge in [0.05, 0.1) is 0 Å². The molecule has 5 heteroatoms. The molecule has 1 aliphatic rings. The Morgan fingerprint density at radius 2 is 1.73 bits per heavy atom. The molecule has 0 spiro atoms. The predicted molar refractivity (Wildman–Crippen MR) is 105 cm³/mol. The molecule has 5 nitrogen and oxygen atoms in total. The van der Waals surface area contributed by atoms with Crippen LogP contribution in [0.3, 0.4) is 0 Å². The second-order valence-electron chi connectivity index (χ2n) is 6.63. The number of anilines is 1. The number of nitrogens with zero attached hydrogens (tertiary/aromatic N) is 4. The number of hydrogen-bond donors (Lipinski definition) is 0. The molecule has 0 aliphatic carbocycles. The summed E-state index contributed by atoms with van der Waals surface area (Å²) < 4.78 is 0. The highest BCUT2D eigenvalue weighted by Gasteiger charge is 2.20. The minimum absolute atomic E-state index is 0.0846. The minimum atomic E-state index is 0.0846. The second-order valence-corrected chi connectivity index (χ2v) is 6.63. The molecule has 138 valence electrons. The smallest absolute Gasteiger partial charge is 0.254 e. The van der Waals surface area contributed by atoms with Gasteiger partial charge in [-0.15, -0.1) is 0 Å². The molecule has 1 amide bonds. The molecule has 1 aromatic carbocycles. The molecule has 26 heavy (non-hydrogen) atoms. The van der Waals surface area contributed by atoms with Gasteiger partial charge in [0, 0.05) is 57.6 Å². The highest BCUT2D eigenvalue weighted by molar-refractivity contribution is 5.94. The van der Waals surface area contributed by atoms with E-state index < -0.39 is 0 Å². The van der Waals surface area contributed by atoms with E-state index in [2.05, 4.69) is 45.1 Å². The summed E-state index contributed by atoms with van der Waals surface area (Å²) in [5, 5.41) is 0. The fourth-order valence-electron chi connectivity index (χ4n) is 3.39. The lowest BCUT2D eigenvalue weighted by Crippen LogP contribution is -2.46. The topological polar surface area (TPSA) is 39.7 Å². The van der Waals surface area contributed by atoms with Crippen molar-refractivity contribution in [3.05, 3.63) is 59.8 Å². The molecule has 3 rings (SSSR count). The van der Waals surface area contributed by atoms with Gasteiger partial charge in [0.1, 0.15) is 5.82 Å². The summed E-state index contributed by atoms with van der Waals surface area (Å²) in [5.74, 6) is 0.990. The SMILES string of the molecule is CCN(CC)C(=O)c1ccnc(N2CCN(Cc3ccccc3)CC2)c1. The van der Waals surface area contributed by atoms with Crippen LogP contribution in [-0.4, -0.2) is 60.0 Å². The summed E-state index contributed by atoms with van der Waals surface area (Å²) in [6.07, 6.45) is 1.75. The molecule has 1 aromatic heterocycles. The molecule has 1 saturated heterocycles. The number of piperazine rings is 1. The fraction of sp³-hybridized carbons (Fsp3) is 0.429. The number of aromatic nitrogens is 1. The van der Waals surface area contributed by atoms with Crippen molar-refractivity contribution in [1.82, 2.24) is 14.8 Å². The van der Waals surface area contributed by atoms with Gasteiger partial charge in [-0.3, -0.25) is 9.69 Å². The summed E-state index contributed by atoms with van der Waals surface area (Å²) in [4.78, 5) is 23.7. The number of amides is 1. The molecule has 0 radical (unpaired) electrons. The molecular weight excluding hydrogens is 324 g/mol. The maximum absolute atomic E-state index is 12.6. The van der Waals surface area contributed by atoms with E-state index in [9.17, 15) is 4.79 Å². The Morgan fingerprint density at radius 1 is 1.04 bits per heavy atom. The second kappa shape index (κ2) is 8.81. The highest BCUT2D eigenvalue weighted by Crippen LogP contribution is 2.17. The van der Waals surface area contributed by atoms with Crippen molar-refractivity contribution < 1.29 is 4.79 Å². The Morgan fingerprint density at radius 3 is 2.38 bits per heavy atom. The van der Waals surface area contributed by atoms with Crippen LogP contribution in [0.4, 0.5) is 5.82 Å². The molecule has 1 aliphatic heterocycles. The standard InChI is InChI=1S/C21H28N4O/c1-3-24(4-2)21(26)19-10-11-22-20(16-19)25-14-12-23(13-15-25)17-18-8-6-5-7-9-18/h5-11,16H,3-4,12-15,17H2,1-2H3. The van der Waals surface area contributed by atoms with Crippen molar-refractivity contribution in [1.29, 1.82) is 0 Å². The van der Waals surface area contributed by atoms with Crippen LogP contribution in [0.1, 0.15) is 29.8 Å². The average Bonchev–Trinajstić information content (AvgIpc) is 2.70. The molecule has 2 heterocycles. The first-order chi connectivity index (χ1) is 12.7. The van der Waals surface area contributed by atoms with E-state index in [1.807, 2.05) is 30.9 Å². The van der Waals surface area contributed by atoms with E-state index in [1.54, 1.807) is 6.20 Å². The monoisotopic (exact) mass is 352 g/mol. The van der Waals surface area contributed by atoms with Crippen LogP contribution in [0.2, 0.25) is 0 Å². The lowest BCUT2D eigenvalue weighted by molar-refractivity contribution is 0.0773. The van der Waals surface area contributed by atoms with E-state index in [1.165, 1.54) is 5.56 Å². The van der Waals surface area contributed by atoms with Crippen LogP contribution in [0, 0.1) is 0 Å². The Labute approximate surface area is 156 Å². The molecule has 2 aromatic rings. The minimum Gasteiger partial charge on any atom is -0.354 e. The van der Waals surface area contributed by atoms with E-state index >= 15 is 0 Å². The van der Waals surface area contributed by atoms with Crippen LogP contribution in [0.25, 0.3) is 0 Å². The van der Waals surface area contributed by atoms with Gasteiger partial charge in [0.2, 0.25) is 0 Å². The van der Waals surface area contributed by atoms with Crippen LogP contribution >= 0.6 is 0 Å². The fourth-order valence-corrected chi connectivity index (χ4v) is 3.39. The molecule has 0 saturated carbocycles. The van der Waals surface area contributed by atoms with Crippen LogP contribution < -0.4 is 4.90 Å². The maximum Gasteiger partial charge on any atom is 0.254 e. The van der Waals surface area contributed by atoms with Crippen molar-refractivity contribution in [3.8, 4) is 0 Å². The van der Waals surface area contributed by atoms with E-state index in [0.717, 1.165) is 57.2 Å². The lowest BCUT2D eigenvalue weighted by atomic mass is 10.2.